The van der Waals surface area contributed by atoms with Crippen molar-refractivity contribution in [2.45, 2.75) is 0 Å². The number of methoxy groups -OCH3 is 2. The van der Waals surface area contributed by atoms with Crippen molar-refractivity contribution in [3.63, 3.8) is 0 Å². The van der Waals surface area contributed by atoms with Crippen molar-refractivity contribution < 1.29 is 23.8 Å². The Morgan fingerprint density at radius 2 is 1.70 bits per heavy atom. The molecule has 0 aliphatic heterocycles. The lowest BCUT2D eigenvalue weighted by atomic mass is 10.1. The van der Waals surface area contributed by atoms with E-state index in [1.54, 1.807) is 38.6 Å². The van der Waals surface area contributed by atoms with Crippen LogP contribution >= 0.6 is 7.60 Å². The van der Waals surface area contributed by atoms with E-state index in [2.05, 4.69) is 15.0 Å². The van der Waals surface area contributed by atoms with Gasteiger partial charge < -0.3 is 24.2 Å². The Bertz CT molecular complexity index is 1200. The van der Waals surface area contributed by atoms with Crippen LogP contribution in [0.25, 0.3) is 33.3 Å². The lowest BCUT2D eigenvalue weighted by molar-refractivity contribution is 0.356. The summed E-state index contributed by atoms with van der Waals surface area (Å²) in [5.74, 6) is 1.74. The second-order valence-corrected chi connectivity index (χ2v) is 7.53. The minimum Gasteiger partial charge on any atom is -0.493 e. The zero-order valence-electron chi connectivity index (χ0n) is 14.5. The Hall–Kier alpha value is -2.93. The van der Waals surface area contributed by atoms with Crippen LogP contribution < -0.4 is 14.8 Å². The number of hydrogen-bond donors (Lipinski definition) is 3. The van der Waals surface area contributed by atoms with Crippen molar-refractivity contribution in [1.29, 1.82) is 0 Å². The lowest BCUT2D eigenvalue weighted by Crippen LogP contribution is -2.02. The summed E-state index contributed by atoms with van der Waals surface area (Å²) in [6.07, 6.45) is 1.68. The third-order valence-corrected chi connectivity index (χ3v) is 5.27. The van der Waals surface area contributed by atoms with Crippen molar-refractivity contribution in [3.05, 3.63) is 42.6 Å². The Morgan fingerprint density at radius 1 is 1.04 bits per heavy atom. The summed E-state index contributed by atoms with van der Waals surface area (Å²) < 4.78 is 22.0. The normalized spacial score (nSPS) is 11.9. The number of nitrogens with one attached hydrogen (secondary N) is 1. The molecule has 0 aliphatic carbocycles. The van der Waals surface area contributed by atoms with Gasteiger partial charge in [-0.15, -0.1) is 0 Å². The summed E-state index contributed by atoms with van der Waals surface area (Å²) in [7, 11) is -1.14. The molecule has 3 N–H and O–H groups in total. The first kappa shape index (κ1) is 17.5. The number of benzene rings is 2. The number of rotatable bonds is 4. The SMILES string of the molecule is COc1cc2ncc3[nH]c(-c4ccc(P(=O)(O)O)cc4)nc3c2cc1OC. The van der Waals surface area contributed by atoms with E-state index in [9.17, 15) is 14.4 Å². The molecule has 9 heteroatoms. The minimum atomic E-state index is -4.27. The zero-order valence-corrected chi connectivity index (χ0v) is 15.4. The molecule has 0 saturated carbocycles. The number of aromatic nitrogens is 3. The van der Waals surface area contributed by atoms with Gasteiger partial charge >= 0.3 is 7.60 Å². The van der Waals surface area contributed by atoms with E-state index in [0.717, 1.165) is 21.9 Å². The Balaban J connectivity index is 1.86. The molecule has 2 aromatic carbocycles. The number of fused-ring (bicyclic) bond motifs is 3. The number of nitrogens with zero attached hydrogens (tertiary/aromatic N) is 2. The average Bonchev–Trinajstić information content (AvgIpc) is 3.11. The average molecular weight is 385 g/mol. The molecule has 0 unspecified atom stereocenters. The van der Waals surface area contributed by atoms with Crippen LogP contribution in [0.1, 0.15) is 0 Å². The van der Waals surface area contributed by atoms with E-state index in [0.29, 0.717) is 22.9 Å². The van der Waals surface area contributed by atoms with Gasteiger partial charge in [0.2, 0.25) is 0 Å². The minimum absolute atomic E-state index is 0.0358. The van der Waals surface area contributed by atoms with Gasteiger partial charge in [0.15, 0.2) is 11.5 Å². The van der Waals surface area contributed by atoms with E-state index in [1.807, 2.05) is 6.07 Å². The van der Waals surface area contributed by atoms with Crippen LogP contribution in [-0.4, -0.2) is 39.0 Å². The molecule has 0 fully saturated rings. The van der Waals surface area contributed by atoms with Gasteiger partial charge in [0.1, 0.15) is 11.3 Å². The van der Waals surface area contributed by atoms with Gasteiger partial charge in [-0.1, -0.05) is 12.1 Å². The molecular formula is C18H16N3O5P. The molecular weight excluding hydrogens is 369 g/mol. The molecule has 138 valence electrons. The van der Waals surface area contributed by atoms with Crippen LogP contribution in [0.5, 0.6) is 11.5 Å². The summed E-state index contributed by atoms with van der Waals surface area (Å²) in [5, 5.41) is 0.769. The number of H-pyrrole nitrogens is 1. The van der Waals surface area contributed by atoms with Crippen molar-refractivity contribution in [2.24, 2.45) is 0 Å². The van der Waals surface area contributed by atoms with Crippen LogP contribution in [0, 0.1) is 0 Å². The molecule has 0 amide bonds. The molecule has 27 heavy (non-hydrogen) atoms. The van der Waals surface area contributed by atoms with Crippen LogP contribution in [0.3, 0.4) is 0 Å². The summed E-state index contributed by atoms with van der Waals surface area (Å²) in [4.78, 5) is 30.7. The number of ether oxygens (including phenoxy) is 2. The van der Waals surface area contributed by atoms with Gasteiger partial charge in [0.25, 0.3) is 0 Å². The van der Waals surface area contributed by atoms with E-state index in [-0.39, 0.29) is 5.30 Å². The van der Waals surface area contributed by atoms with Crippen LogP contribution in [0.2, 0.25) is 0 Å². The first-order valence-corrected chi connectivity index (χ1v) is 9.59. The Labute approximate surface area is 154 Å². The van der Waals surface area contributed by atoms with Gasteiger partial charge in [-0.05, 0) is 18.2 Å². The lowest BCUT2D eigenvalue weighted by Gasteiger charge is -2.08. The molecule has 8 nitrogen and oxygen atoms in total. The topological polar surface area (TPSA) is 118 Å². The number of imidazole rings is 1. The van der Waals surface area contributed by atoms with E-state index in [4.69, 9.17) is 9.47 Å². The van der Waals surface area contributed by atoms with Crippen molar-refractivity contribution >= 4 is 34.8 Å². The largest absolute Gasteiger partial charge is 0.493 e. The fraction of sp³-hybridized carbons (Fsp3) is 0.111. The molecule has 0 bridgehead atoms. The van der Waals surface area contributed by atoms with Crippen molar-refractivity contribution in [3.8, 4) is 22.9 Å². The fourth-order valence-corrected chi connectivity index (χ4v) is 3.47. The van der Waals surface area contributed by atoms with E-state index >= 15 is 0 Å². The highest BCUT2D eigenvalue weighted by atomic mass is 31.2. The third-order valence-electron chi connectivity index (χ3n) is 4.30. The predicted molar refractivity (Wildman–Crippen MR) is 102 cm³/mol. The molecule has 2 aromatic heterocycles. The zero-order chi connectivity index (χ0) is 19.2. The molecule has 4 aromatic rings. The van der Waals surface area contributed by atoms with Crippen molar-refractivity contribution in [2.75, 3.05) is 14.2 Å². The number of aromatic amines is 1. The highest BCUT2D eigenvalue weighted by Crippen LogP contribution is 2.36. The molecule has 0 radical (unpaired) electrons. The maximum Gasteiger partial charge on any atom is 0.356 e. The second-order valence-electron chi connectivity index (χ2n) is 5.92. The van der Waals surface area contributed by atoms with Crippen molar-refractivity contribution in [1.82, 2.24) is 15.0 Å². The standard InChI is InChI=1S/C18H16N3O5P/c1-25-15-7-12-13(8-16(15)26-2)19-9-14-17(12)21-18(20-14)10-3-5-11(6-4-10)27(22,23)24/h3-9H,1-2H3,(H,20,21)(H2,22,23,24). The molecule has 2 heterocycles. The quantitative estimate of drug-likeness (QED) is 0.462. The molecule has 0 saturated heterocycles. The van der Waals surface area contributed by atoms with Crippen LogP contribution in [0.4, 0.5) is 0 Å². The van der Waals surface area contributed by atoms with E-state index < -0.39 is 7.60 Å². The van der Waals surface area contributed by atoms with E-state index in [1.165, 1.54) is 12.1 Å². The second kappa shape index (κ2) is 6.35. The Morgan fingerprint density at radius 3 is 2.33 bits per heavy atom. The van der Waals surface area contributed by atoms with Gasteiger partial charge in [-0.25, -0.2) is 4.98 Å². The summed E-state index contributed by atoms with van der Waals surface area (Å²) in [6.45, 7) is 0. The molecule has 0 spiro atoms. The van der Waals surface area contributed by atoms with Gasteiger partial charge in [0.05, 0.1) is 36.8 Å². The van der Waals surface area contributed by atoms with Crippen LogP contribution in [-0.2, 0) is 4.57 Å². The highest BCUT2D eigenvalue weighted by Gasteiger charge is 2.17. The van der Waals surface area contributed by atoms with Crippen LogP contribution in [0.15, 0.2) is 42.6 Å². The highest BCUT2D eigenvalue weighted by molar-refractivity contribution is 7.60. The maximum absolute atomic E-state index is 11.3. The summed E-state index contributed by atoms with van der Waals surface area (Å²) in [5.41, 5.74) is 2.88. The fourth-order valence-electron chi connectivity index (χ4n) is 2.93. The predicted octanol–water partition coefficient (Wildman–Crippen LogP) is 2.60. The third kappa shape index (κ3) is 3.04. The number of pyridine rings is 1. The van der Waals surface area contributed by atoms with Gasteiger partial charge in [-0.2, -0.15) is 0 Å². The smallest absolute Gasteiger partial charge is 0.356 e. The summed E-state index contributed by atoms with van der Waals surface area (Å²) >= 11 is 0. The summed E-state index contributed by atoms with van der Waals surface area (Å²) in [6, 6.07) is 9.64. The molecule has 4 rings (SSSR count). The molecule has 0 atom stereocenters. The first-order valence-electron chi connectivity index (χ1n) is 7.97. The Kier molecular flexibility index (Phi) is 4.11. The number of hydrogen-bond acceptors (Lipinski definition) is 5. The van der Waals surface area contributed by atoms with Gasteiger partial charge in [-0.3, -0.25) is 9.55 Å². The first-order chi connectivity index (χ1) is 12.9. The monoisotopic (exact) mass is 385 g/mol. The molecule has 0 aliphatic rings. The maximum atomic E-state index is 11.3. The van der Waals surface area contributed by atoms with Gasteiger partial charge in [0, 0.05) is 17.0 Å².